The van der Waals surface area contributed by atoms with Crippen molar-refractivity contribution in [2.75, 3.05) is 5.32 Å². The van der Waals surface area contributed by atoms with Crippen LogP contribution in [0.15, 0.2) is 18.2 Å². The van der Waals surface area contributed by atoms with E-state index in [9.17, 15) is 4.79 Å². The van der Waals surface area contributed by atoms with Crippen molar-refractivity contribution in [3.63, 3.8) is 0 Å². The van der Waals surface area contributed by atoms with E-state index in [0.29, 0.717) is 16.3 Å². The monoisotopic (exact) mass is 313 g/mol. The molecule has 0 aliphatic heterocycles. The lowest BCUT2D eigenvalue weighted by Crippen LogP contribution is -2.18. The molecule has 1 aromatic rings. The summed E-state index contributed by atoms with van der Waals surface area (Å²) in [5.74, 6) is -0.406. The van der Waals surface area contributed by atoms with E-state index >= 15 is 0 Å². The fraction of sp³-hybridized carbons (Fsp3) is 0.429. The first kappa shape index (κ1) is 15.1. The van der Waals surface area contributed by atoms with Gasteiger partial charge < -0.3 is 14.8 Å². The third-order valence-corrected chi connectivity index (χ3v) is 3.10. The van der Waals surface area contributed by atoms with E-state index in [-0.39, 0.29) is 17.4 Å². The number of rotatable bonds is 4. The van der Waals surface area contributed by atoms with Crippen LogP contribution in [0.5, 0.6) is 0 Å². The van der Waals surface area contributed by atoms with E-state index in [0.717, 1.165) is 12.8 Å². The molecule has 0 unspecified atom stereocenters. The number of anilines is 1. The van der Waals surface area contributed by atoms with Gasteiger partial charge in [-0.2, -0.15) is 0 Å². The Morgan fingerprint density at radius 2 is 2.15 bits per heavy atom. The summed E-state index contributed by atoms with van der Waals surface area (Å²) in [6, 6.07) is 4.97. The number of hydrogen-bond donors (Lipinski definition) is 1. The third kappa shape index (κ3) is 4.35. The predicted octanol–water partition coefficient (Wildman–Crippen LogP) is 3.78. The molecule has 0 spiro atoms. The molecule has 0 heterocycles. The number of esters is 1. The average Bonchev–Trinajstić information content (AvgIpc) is 3.14. The first-order chi connectivity index (χ1) is 9.45. The Bertz CT molecular complexity index is 529. The Hall–Kier alpha value is -1.33. The lowest BCUT2D eigenvalue weighted by Gasteiger charge is -2.13. The van der Waals surface area contributed by atoms with Gasteiger partial charge in [0, 0.05) is 5.69 Å². The zero-order valence-electron chi connectivity index (χ0n) is 11.3. The highest BCUT2D eigenvalue weighted by atomic mass is 35.5. The van der Waals surface area contributed by atoms with Gasteiger partial charge in [0.25, 0.3) is 5.17 Å². The molecule has 108 valence electrons. The van der Waals surface area contributed by atoms with Gasteiger partial charge in [0.15, 0.2) is 0 Å². The molecule has 1 N–H and O–H groups in total. The Morgan fingerprint density at radius 3 is 2.75 bits per heavy atom. The normalized spacial score (nSPS) is 14.0. The predicted molar refractivity (Wildman–Crippen MR) is 82.3 cm³/mol. The number of carbonyl (C=O) groups excluding carboxylic acids is 1. The largest absolute Gasteiger partial charge is 0.468 e. The maximum Gasteiger partial charge on any atom is 0.340 e. The summed E-state index contributed by atoms with van der Waals surface area (Å²) in [6.07, 6.45) is 1.88. The summed E-state index contributed by atoms with van der Waals surface area (Å²) < 4.78 is 10.6. The second-order valence-corrected chi connectivity index (χ2v) is 5.66. The summed E-state index contributed by atoms with van der Waals surface area (Å²) in [6.45, 7) is 3.77. The van der Waals surface area contributed by atoms with Crippen molar-refractivity contribution < 1.29 is 14.3 Å². The third-order valence-electron chi connectivity index (χ3n) is 2.57. The van der Waals surface area contributed by atoms with E-state index in [1.807, 2.05) is 13.8 Å². The van der Waals surface area contributed by atoms with E-state index in [1.165, 1.54) is 0 Å². The molecule has 1 aromatic carbocycles. The molecule has 4 nitrogen and oxygen atoms in total. The molecule has 1 fully saturated rings. The summed E-state index contributed by atoms with van der Waals surface area (Å²) in [5, 5.41) is 3.52. The highest BCUT2D eigenvalue weighted by molar-refractivity contribution is 7.80. The Labute approximate surface area is 128 Å². The number of carbonyl (C=O) groups is 1. The van der Waals surface area contributed by atoms with Gasteiger partial charge in [0.05, 0.1) is 16.7 Å². The molecule has 0 atom stereocenters. The van der Waals surface area contributed by atoms with Crippen molar-refractivity contribution in [2.24, 2.45) is 0 Å². The summed E-state index contributed by atoms with van der Waals surface area (Å²) >= 11 is 11.1. The van der Waals surface area contributed by atoms with Gasteiger partial charge in [-0.05, 0) is 57.1 Å². The molecular weight excluding hydrogens is 298 g/mol. The molecule has 2 rings (SSSR count). The summed E-state index contributed by atoms with van der Waals surface area (Å²) in [5.41, 5.74) is 0.971. The van der Waals surface area contributed by atoms with E-state index < -0.39 is 5.97 Å². The van der Waals surface area contributed by atoms with Crippen LogP contribution in [0.3, 0.4) is 0 Å². The smallest absolute Gasteiger partial charge is 0.340 e. The number of ether oxygens (including phenoxy) is 2. The molecule has 0 radical (unpaired) electrons. The lowest BCUT2D eigenvalue weighted by atomic mass is 10.2. The van der Waals surface area contributed by atoms with Gasteiger partial charge in [-0.25, -0.2) is 4.79 Å². The maximum atomic E-state index is 11.9. The lowest BCUT2D eigenvalue weighted by molar-refractivity contribution is 0.0472. The minimum absolute atomic E-state index is 0.0124. The second kappa shape index (κ2) is 6.41. The first-order valence-electron chi connectivity index (χ1n) is 6.44. The van der Waals surface area contributed by atoms with E-state index in [1.54, 1.807) is 18.2 Å². The molecule has 0 amide bonds. The van der Waals surface area contributed by atoms with E-state index in [2.05, 4.69) is 5.32 Å². The molecule has 1 saturated carbocycles. The van der Waals surface area contributed by atoms with Crippen LogP contribution < -0.4 is 5.32 Å². The fourth-order valence-electron chi connectivity index (χ4n) is 1.52. The maximum absolute atomic E-state index is 11.9. The van der Waals surface area contributed by atoms with Gasteiger partial charge in [-0.1, -0.05) is 11.6 Å². The number of thiocarbonyl (C=S) groups is 1. The molecule has 6 heteroatoms. The minimum Gasteiger partial charge on any atom is -0.468 e. The van der Waals surface area contributed by atoms with Crippen LogP contribution in [0, 0.1) is 0 Å². The van der Waals surface area contributed by atoms with Crippen LogP contribution >= 0.6 is 23.8 Å². The van der Waals surface area contributed by atoms with Crippen molar-refractivity contribution in [1.82, 2.24) is 0 Å². The van der Waals surface area contributed by atoms with Gasteiger partial charge in [0.1, 0.15) is 6.10 Å². The molecule has 20 heavy (non-hydrogen) atoms. The highest BCUT2D eigenvalue weighted by Gasteiger charge is 2.27. The number of hydrogen-bond acceptors (Lipinski definition) is 4. The van der Waals surface area contributed by atoms with Crippen molar-refractivity contribution in [1.29, 1.82) is 0 Å². The molecule has 1 aliphatic carbocycles. The standard InChI is InChI=1S/C14H16ClNO3S/c1-8(2)18-14(20)16-9-3-6-12(15)11(7-9)13(17)19-10-4-5-10/h3,6-8,10H,4-5H2,1-2H3,(H,16,20). The van der Waals surface area contributed by atoms with Crippen LogP contribution in [0.2, 0.25) is 5.02 Å². The van der Waals surface area contributed by atoms with Crippen molar-refractivity contribution in [2.45, 2.75) is 38.9 Å². The SMILES string of the molecule is CC(C)OC(=S)Nc1ccc(Cl)c(C(=O)OC2CC2)c1. The van der Waals surface area contributed by atoms with Crippen molar-refractivity contribution in [3.8, 4) is 0 Å². The van der Waals surface area contributed by atoms with Crippen LogP contribution in [0.1, 0.15) is 37.0 Å². The number of nitrogens with one attached hydrogen (secondary N) is 1. The number of benzene rings is 1. The van der Waals surface area contributed by atoms with Gasteiger partial charge in [-0.15, -0.1) is 0 Å². The highest BCUT2D eigenvalue weighted by Crippen LogP contribution is 2.27. The van der Waals surface area contributed by atoms with Gasteiger partial charge in [-0.3, -0.25) is 0 Å². The molecule has 0 saturated heterocycles. The average molecular weight is 314 g/mol. The fourth-order valence-corrected chi connectivity index (χ4v) is 2.03. The topological polar surface area (TPSA) is 47.6 Å². The molecule has 0 aromatic heterocycles. The van der Waals surface area contributed by atoms with Crippen LogP contribution in [0.25, 0.3) is 0 Å². The molecular formula is C14H16ClNO3S. The van der Waals surface area contributed by atoms with Crippen molar-refractivity contribution >= 4 is 40.7 Å². The van der Waals surface area contributed by atoms with Gasteiger partial charge >= 0.3 is 5.97 Å². The van der Waals surface area contributed by atoms with Crippen LogP contribution in [-0.4, -0.2) is 23.4 Å². The van der Waals surface area contributed by atoms with E-state index in [4.69, 9.17) is 33.3 Å². The Morgan fingerprint density at radius 1 is 1.45 bits per heavy atom. The second-order valence-electron chi connectivity index (χ2n) is 4.88. The number of halogens is 1. The molecule has 1 aliphatic rings. The summed E-state index contributed by atoms with van der Waals surface area (Å²) in [7, 11) is 0. The van der Waals surface area contributed by atoms with Crippen LogP contribution in [-0.2, 0) is 9.47 Å². The zero-order chi connectivity index (χ0) is 14.7. The first-order valence-corrected chi connectivity index (χ1v) is 7.22. The van der Waals surface area contributed by atoms with Gasteiger partial charge in [0.2, 0.25) is 0 Å². The minimum atomic E-state index is -0.406. The zero-order valence-corrected chi connectivity index (χ0v) is 12.9. The van der Waals surface area contributed by atoms with Crippen LogP contribution in [0.4, 0.5) is 5.69 Å². The Kier molecular flexibility index (Phi) is 4.83. The van der Waals surface area contributed by atoms with Crippen molar-refractivity contribution in [3.05, 3.63) is 28.8 Å². The quantitative estimate of drug-likeness (QED) is 0.677. The molecule has 0 bridgehead atoms. The Balaban J connectivity index is 2.07. The summed E-state index contributed by atoms with van der Waals surface area (Å²) in [4.78, 5) is 11.9.